The number of carbonyl (C=O) groups excluding carboxylic acids is 1. The molecule has 1 fully saturated rings. The van der Waals surface area contributed by atoms with Crippen molar-refractivity contribution in [1.29, 1.82) is 0 Å². The van der Waals surface area contributed by atoms with Crippen LogP contribution in [0.1, 0.15) is 37.7 Å². The number of nitrogens with two attached hydrogens (primary N) is 1. The number of rotatable bonds is 4. The third-order valence-electron chi connectivity index (χ3n) is 4.16. The van der Waals surface area contributed by atoms with Crippen LogP contribution in [0.5, 0.6) is 0 Å². The average molecular weight is 278 g/mol. The van der Waals surface area contributed by atoms with Crippen LogP contribution in [0.25, 0.3) is 0 Å². The zero-order chi connectivity index (χ0) is 14.5. The number of piperidine rings is 1. The summed E-state index contributed by atoms with van der Waals surface area (Å²) in [6.07, 6.45) is 2.51. The molecule has 1 aliphatic heterocycles. The Balaban J connectivity index is 1.97. The third kappa shape index (κ3) is 3.79. The minimum absolute atomic E-state index is 0.0995. The number of halogens is 1. The van der Waals surface area contributed by atoms with Crippen LogP contribution in [0, 0.1) is 11.7 Å². The van der Waals surface area contributed by atoms with Gasteiger partial charge in [-0.15, -0.1) is 0 Å². The highest BCUT2D eigenvalue weighted by Crippen LogP contribution is 2.23. The molecule has 1 aliphatic rings. The molecule has 1 atom stereocenters. The van der Waals surface area contributed by atoms with E-state index in [1.807, 2.05) is 11.0 Å². The Kier molecular flexibility index (Phi) is 5.12. The number of carbonyl (C=O) groups is 1. The largest absolute Gasteiger partial charge is 0.343 e. The Bertz CT molecular complexity index is 456. The average Bonchev–Trinajstić information content (AvgIpc) is 2.45. The Morgan fingerprint density at radius 1 is 1.45 bits per heavy atom. The van der Waals surface area contributed by atoms with Gasteiger partial charge in [0.05, 0.1) is 0 Å². The molecule has 20 heavy (non-hydrogen) atoms. The highest BCUT2D eigenvalue weighted by atomic mass is 19.1. The second-order valence-electron chi connectivity index (χ2n) is 5.76. The highest BCUT2D eigenvalue weighted by molar-refractivity contribution is 5.77. The first-order valence-corrected chi connectivity index (χ1v) is 7.33. The molecule has 1 unspecified atom stereocenters. The van der Waals surface area contributed by atoms with Gasteiger partial charge in [0.15, 0.2) is 0 Å². The number of benzene rings is 1. The van der Waals surface area contributed by atoms with Crippen LogP contribution < -0.4 is 5.73 Å². The van der Waals surface area contributed by atoms with E-state index in [-0.39, 0.29) is 17.6 Å². The summed E-state index contributed by atoms with van der Waals surface area (Å²) in [4.78, 5) is 14.2. The van der Waals surface area contributed by atoms with Gasteiger partial charge in [-0.25, -0.2) is 4.39 Å². The summed E-state index contributed by atoms with van der Waals surface area (Å²) in [6.45, 7) is 4.25. The standard InChI is InChI=1S/C16H23FN2O/c1-12-5-7-19(8-6-12)16(20)10-14(11-18)13-3-2-4-15(17)9-13/h2-4,9,12,14H,5-8,10-11,18H2,1H3. The van der Waals surface area contributed by atoms with Gasteiger partial charge in [-0.05, 0) is 43.0 Å². The van der Waals surface area contributed by atoms with E-state index in [0.717, 1.165) is 31.5 Å². The second-order valence-corrected chi connectivity index (χ2v) is 5.76. The summed E-state index contributed by atoms with van der Waals surface area (Å²) in [5.41, 5.74) is 6.57. The molecule has 0 radical (unpaired) electrons. The van der Waals surface area contributed by atoms with E-state index < -0.39 is 0 Å². The molecule has 0 aliphatic carbocycles. The van der Waals surface area contributed by atoms with Crippen molar-refractivity contribution < 1.29 is 9.18 Å². The van der Waals surface area contributed by atoms with Crippen molar-refractivity contribution in [3.63, 3.8) is 0 Å². The molecule has 1 saturated heterocycles. The first-order chi connectivity index (χ1) is 9.60. The van der Waals surface area contributed by atoms with E-state index in [4.69, 9.17) is 5.73 Å². The fraction of sp³-hybridized carbons (Fsp3) is 0.562. The fourth-order valence-corrected chi connectivity index (χ4v) is 2.70. The predicted molar refractivity (Wildman–Crippen MR) is 77.8 cm³/mol. The molecule has 2 rings (SSSR count). The van der Waals surface area contributed by atoms with Gasteiger partial charge >= 0.3 is 0 Å². The molecule has 2 N–H and O–H groups in total. The quantitative estimate of drug-likeness (QED) is 0.920. The summed E-state index contributed by atoms with van der Waals surface area (Å²) in [7, 11) is 0. The first-order valence-electron chi connectivity index (χ1n) is 7.33. The van der Waals surface area contributed by atoms with Gasteiger partial charge in [0.25, 0.3) is 0 Å². The minimum Gasteiger partial charge on any atom is -0.343 e. The Labute approximate surface area is 120 Å². The van der Waals surface area contributed by atoms with Crippen molar-refractivity contribution in [1.82, 2.24) is 4.90 Å². The van der Waals surface area contributed by atoms with Crippen LogP contribution in [0.2, 0.25) is 0 Å². The lowest BCUT2D eigenvalue weighted by Crippen LogP contribution is -2.39. The fourth-order valence-electron chi connectivity index (χ4n) is 2.70. The van der Waals surface area contributed by atoms with E-state index >= 15 is 0 Å². The number of hydrogen-bond donors (Lipinski definition) is 1. The third-order valence-corrected chi connectivity index (χ3v) is 4.16. The van der Waals surface area contributed by atoms with Gasteiger partial charge in [-0.3, -0.25) is 4.79 Å². The number of likely N-dealkylation sites (tertiary alicyclic amines) is 1. The minimum atomic E-state index is -0.278. The molecule has 0 saturated carbocycles. The summed E-state index contributed by atoms with van der Waals surface area (Å²) in [6, 6.07) is 6.39. The van der Waals surface area contributed by atoms with Crippen molar-refractivity contribution in [2.75, 3.05) is 19.6 Å². The van der Waals surface area contributed by atoms with E-state index in [9.17, 15) is 9.18 Å². The van der Waals surface area contributed by atoms with Crippen molar-refractivity contribution in [2.24, 2.45) is 11.7 Å². The number of hydrogen-bond acceptors (Lipinski definition) is 2. The summed E-state index contributed by atoms with van der Waals surface area (Å²) in [5.74, 6) is 0.460. The number of amides is 1. The van der Waals surface area contributed by atoms with Gasteiger partial charge in [-0.2, -0.15) is 0 Å². The molecule has 1 amide bonds. The molecular formula is C16H23FN2O. The molecule has 0 aromatic heterocycles. The van der Waals surface area contributed by atoms with Gasteiger partial charge in [0.2, 0.25) is 5.91 Å². The molecule has 0 spiro atoms. The maximum atomic E-state index is 13.3. The zero-order valence-corrected chi connectivity index (χ0v) is 12.0. The van der Waals surface area contributed by atoms with Gasteiger partial charge in [0, 0.05) is 25.4 Å². The Hall–Kier alpha value is -1.42. The lowest BCUT2D eigenvalue weighted by molar-refractivity contribution is -0.132. The molecule has 3 nitrogen and oxygen atoms in total. The van der Waals surface area contributed by atoms with Crippen molar-refractivity contribution in [3.05, 3.63) is 35.6 Å². The monoisotopic (exact) mass is 278 g/mol. The van der Waals surface area contributed by atoms with E-state index in [1.54, 1.807) is 6.07 Å². The van der Waals surface area contributed by atoms with Crippen molar-refractivity contribution >= 4 is 5.91 Å². The van der Waals surface area contributed by atoms with Gasteiger partial charge in [-0.1, -0.05) is 19.1 Å². The lowest BCUT2D eigenvalue weighted by Gasteiger charge is -2.31. The molecule has 1 heterocycles. The van der Waals surface area contributed by atoms with E-state index in [2.05, 4.69) is 6.92 Å². The first kappa shape index (κ1) is 15.0. The van der Waals surface area contributed by atoms with Crippen LogP contribution in [-0.4, -0.2) is 30.4 Å². The van der Waals surface area contributed by atoms with Crippen LogP contribution in [-0.2, 0) is 4.79 Å². The molecule has 1 aromatic carbocycles. The van der Waals surface area contributed by atoms with E-state index in [1.165, 1.54) is 12.1 Å². The smallest absolute Gasteiger partial charge is 0.223 e. The van der Waals surface area contributed by atoms with Crippen molar-refractivity contribution in [3.8, 4) is 0 Å². The van der Waals surface area contributed by atoms with Crippen LogP contribution in [0.3, 0.4) is 0 Å². The molecule has 110 valence electrons. The molecule has 4 heteroatoms. The van der Waals surface area contributed by atoms with Crippen molar-refractivity contribution in [2.45, 2.75) is 32.1 Å². The predicted octanol–water partition coefficient (Wildman–Crippen LogP) is 2.52. The number of nitrogens with zero attached hydrogens (tertiary/aromatic N) is 1. The maximum Gasteiger partial charge on any atom is 0.223 e. The second kappa shape index (κ2) is 6.84. The normalized spacial score (nSPS) is 18.1. The summed E-state index contributed by atoms with van der Waals surface area (Å²) < 4.78 is 13.3. The Morgan fingerprint density at radius 2 is 2.15 bits per heavy atom. The van der Waals surface area contributed by atoms with Gasteiger partial charge < -0.3 is 10.6 Å². The maximum absolute atomic E-state index is 13.3. The van der Waals surface area contributed by atoms with Crippen LogP contribution >= 0.6 is 0 Å². The lowest BCUT2D eigenvalue weighted by atomic mass is 9.93. The Morgan fingerprint density at radius 3 is 2.75 bits per heavy atom. The summed E-state index contributed by atoms with van der Waals surface area (Å²) >= 11 is 0. The van der Waals surface area contributed by atoms with Crippen LogP contribution in [0.4, 0.5) is 4.39 Å². The highest BCUT2D eigenvalue weighted by Gasteiger charge is 2.23. The molecule has 1 aromatic rings. The molecular weight excluding hydrogens is 255 g/mol. The summed E-state index contributed by atoms with van der Waals surface area (Å²) in [5, 5.41) is 0. The SMILES string of the molecule is CC1CCN(C(=O)CC(CN)c2cccc(F)c2)CC1. The van der Waals surface area contributed by atoms with E-state index in [0.29, 0.717) is 18.9 Å². The zero-order valence-electron chi connectivity index (χ0n) is 12.0. The van der Waals surface area contributed by atoms with Crippen LogP contribution in [0.15, 0.2) is 24.3 Å². The molecule has 0 bridgehead atoms. The van der Waals surface area contributed by atoms with Gasteiger partial charge in [0.1, 0.15) is 5.82 Å². The topological polar surface area (TPSA) is 46.3 Å².